The predicted molar refractivity (Wildman–Crippen MR) is 109 cm³/mol. The Morgan fingerprint density at radius 3 is 2.55 bits per heavy atom. The maximum absolute atomic E-state index is 12.6. The second-order valence-corrected chi connectivity index (χ2v) is 6.56. The van der Waals surface area contributed by atoms with E-state index in [1.165, 1.54) is 0 Å². The van der Waals surface area contributed by atoms with E-state index in [1.54, 1.807) is 23.1 Å². The fourth-order valence-electron chi connectivity index (χ4n) is 3.07. The van der Waals surface area contributed by atoms with Crippen molar-refractivity contribution >= 4 is 17.7 Å². The second-order valence-electron chi connectivity index (χ2n) is 6.56. The van der Waals surface area contributed by atoms with E-state index in [0.717, 1.165) is 11.3 Å². The van der Waals surface area contributed by atoms with E-state index >= 15 is 0 Å². The summed E-state index contributed by atoms with van der Waals surface area (Å²) < 4.78 is 10.8. The molecule has 1 aliphatic rings. The van der Waals surface area contributed by atoms with E-state index in [2.05, 4.69) is 5.32 Å². The van der Waals surface area contributed by atoms with Crippen LogP contribution in [0.1, 0.15) is 15.9 Å². The Balaban J connectivity index is 1.40. The van der Waals surface area contributed by atoms with Gasteiger partial charge in [0.2, 0.25) is 0 Å². The fourth-order valence-corrected chi connectivity index (χ4v) is 3.07. The molecule has 4 rings (SSSR count). The summed E-state index contributed by atoms with van der Waals surface area (Å²) in [7, 11) is 0. The monoisotopic (exact) mass is 388 g/mol. The van der Waals surface area contributed by atoms with Crippen LogP contribution < -0.4 is 15.0 Å². The number of anilines is 1. The lowest BCUT2D eigenvalue weighted by Gasteiger charge is -2.14. The number of hydrogen-bond donors (Lipinski definition) is 1. The number of hydrogen-bond acceptors (Lipinski definition) is 4. The van der Waals surface area contributed by atoms with Crippen molar-refractivity contribution in [2.24, 2.45) is 0 Å². The summed E-state index contributed by atoms with van der Waals surface area (Å²) in [4.78, 5) is 25.9. The van der Waals surface area contributed by atoms with Crippen molar-refractivity contribution in [2.45, 2.75) is 6.54 Å². The lowest BCUT2D eigenvalue weighted by Crippen LogP contribution is -2.25. The van der Waals surface area contributed by atoms with Gasteiger partial charge in [-0.15, -0.1) is 0 Å². The van der Waals surface area contributed by atoms with Crippen LogP contribution >= 0.6 is 0 Å². The number of rotatable bonds is 6. The number of nitrogens with zero attached hydrogens (tertiary/aromatic N) is 1. The lowest BCUT2D eigenvalue weighted by molar-refractivity contribution is 0.0950. The summed E-state index contributed by atoms with van der Waals surface area (Å²) in [5.74, 6) is 1.11. The molecule has 0 spiro atoms. The third-order valence-corrected chi connectivity index (χ3v) is 4.51. The first-order chi connectivity index (χ1) is 14.2. The number of para-hydroxylation sites is 1. The summed E-state index contributed by atoms with van der Waals surface area (Å²) in [5.41, 5.74) is 2.17. The molecule has 6 nitrogen and oxygen atoms in total. The third kappa shape index (κ3) is 4.55. The van der Waals surface area contributed by atoms with Gasteiger partial charge in [0.25, 0.3) is 5.91 Å². The predicted octanol–water partition coefficient (Wildman–Crippen LogP) is 4.37. The summed E-state index contributed by atoms with van der Waals surface area (Å²) >= 11 is 0. The highest BCUT2D eigenvalue weighted by atomic mass is 16.6. The van der Waals surface area contributed by atoms with Gasteiger partial charge in [0.15, 0.2) is 0 Å². The van der Waals surface area contributed by atoms with Gasteiger partial charge in [-0.1, -0.05) is 36.4 Å². The first-order valence-corrected chi connectivity index (χ1v) is 9.33. The molecule has 0 bridgehead atoms. The molecule has 0 aromatic heterocycles. The van der Waals surface area contributed by atoms with Crippen molar-refractivity contribution in [2.75, 3.05) is 18.1 Å². The molecule has 3 aromatic rings. The molecular formula is C23H20N2O4. The van der Waals surface area contributed by atoms with E-state index in [9.17, 15) is 9.59 Å². The van der Waals surface area contributed by atoms with Crippen molar-refractivity contribution < 1.29 is 19.1 Å². The SMILES string of the molecule is O=C(NCc1cccc(N2CCOC2=O)c1)c1cccc(Oc2ccccc2)c1. The molecule has 0 saturated carbocycles. The number of benzene rings is 3. The van der Waals surface area contributed by atoms with Crippen LogP contribution in [0.4, 0.5) is 10.5 Å². The molecule has 146 valence electrons. The maximum atomic E-state index is 12.6. The zero-order chi connectivity index (χ0) is 20.1. The third-order valence-electron chi connectivity index (χ3n) is 4.51. The quantitative estimate of drug-likeness (QED) is 0.681. The van der Waals surface area contributed by atoms with E-state index < -0.39 is 0 Å². The number of carbonyl (C=O) groups is 2. The van der Waals surface area contributed by atoms with Crippen LogP contribution in [-0.2, 0) is 11.3 Å². The summed E-state index contributed by atoms with van der Waals surface area (Å²) in [6, 6.07) is 23.9. The smallest absolute Gasteiger partial charge is 0.414 e. The van der Waals surface area contributed by atoms with Crippen LogP contribution in [-0.4, -0.2) is 25.2 Å². The van der Waals surface area contributed by atoms with Crippen molar-refractivity contribution in [1.29, 1.82) is 0 Å². The molecule has 1 N–H and O–H groups in total. The van der Waals surface area contributed by atoms with Crippen molar-refractivity contribution in [1.82, 2.24) is 5.32 Å². The summed E-state index contributed by atoms with van der Waals surface area (Å²) in [6.07, 6.45) is -0.346. The normalized spacial score (nSPS) is 13.1. The average Bonchev–Trinajstić information content (AvgIpc) is 3.19. The second kappa shape index (κ2) is 8.48. The first-order valence-electron chi connectivity index (χ1n) is 9.33. The minimum absolute atomic E-state index is 0.200. The van der Waals surface area contributed by atoms with Gasteiger partial charge in [-0.25, -0.2) is 4.79 Å². The number of cyclic esters (lactones) is 1. The minimum Gasteiger partial charge on any atom is -0.457 e. The molecule has 0 aliphatic carbocycles. The molecule has 6 heteroatoms. The molecule has 0 radical (unpaired) electrons. The van der Waals surface area contributed by atoms with Crippen LogP contribution in [0.15, 0.2) is 78.9 Å². The van der Waals surface area contributed by atoms with Gasteiger partial charge in [0.05, 0.1) is 6.54 Å². The number of carbonyl (C=O) groups excluding carboxylic acids is 2. The fraction of sp³-hybridized carbons (Fsp3) is 0.130. The van der Waals surface area contributed by atoms with E-state index in [0.29, 0.717) is 36.8 Å². The highest BCUT2D eigenvalue weighted by molar-refractivity contribution is 5.94. The molecule has 1 saturated heterocycles. The zero-order valence-corrected chi connectivity index (χ0v) is 15.7. The Morgan fingerprint density at radius 1 is 0.966 bits per heavy atom. The molecule has 1 fully saturated rings. The molecular weight excluding hydrogens is 368 g/mol. The Morgan fingerprint density at radius 2 is 1.76 bits per heavy atom. The maximum Gasteiger partial charge on any atom is 0.414 e. The molecule has 3 aromatic carbocycles. The van der Waals surface area contributed by atoms with Gasteiger partial charge < -0.3 is 14.8 Å². The van der Waals surface area contributed by atoms with Gasteiger partial charge in [0, 0.05) is 17.8 Å². The van der Waals surface area contributed by atoms with Crippen LogP contribution in [0.3, 0.4) is 0 Å². The van der Waals surface area contributed by atoms with Gasteiger partial charge >= 0.3 is 6.09 Å². The van der Waals surface area contributed by atoms with Gasteiger partial charge in [-0.2, -0.15) is 0 Å². The molecule has 2 amide bonds. The van der Waals surface area contributed by atoms with Crippen molar-refractivity contribution in [3.8, 4) is 11.5 Å². The first kappa shape index (κ1) is 18.6. The summed E-state index contributed by atoms with van der Waals surface area (Å²) in [5, 5.41) is 2.91. The standard InChI is InChI=1S/C23H20N2O4/c26-22(18-7-5-11-21(15-18)29-20-9-2-1-3-10-20)24-16-17-6-4-8-19(14-17)25-12-13-28-23(25)27/h1-11,14-15H,12-13,16H2,(H,24,26). The minimum atomic E-state index is -0.346. The van der Waals surface area contributed by atoms with Gasteiger partial charge in [-0.3, -0.25) is 9.69 Å². The molecule has 29 heavy (non-hydrogen) atoms. The molecule has 1 aliphatic heterocycles. The number of nitrogens with one attached hydrogen (secondary N) is 1. The molecule has 0 unspecified atom stereocenters. The van der Waals surface area contributed by atoms with Gasteiger partial charge in [0.1, 0.15) is 18.1 Å². The van der Waals surface area contributed by atoms with Crippen LogP contribution in [0.25, 0.3) is 0 Å². The lowest BCUT2D eigenvalue weighted by atomic mass is 10.1. The summed E-state index contributed by atoms with van der Waals surface area (Å²) in [6.45, 7) is 1.27. The van der Waals surface area contributed by atoms with Crippen LogP contribution in [0.5, 0.6) is 11.5 Å². The van der Waals surface area contributed by atoms with Crippen molar-refractivity contribution in [3.05, 3.63) is 90.0 Å². The highest BCUT2D eigenvalue weighted by Gasteiger charge is 2.23. The van der Waals surface area contributed by atoms with E-state index in [1.807, 2.05) is 60.7 Å². The van der Waals surface area contributed by atoms with Crippen LogP contribution in [0.2, 0.25) is 0 Å². The average molecular weight is 388 g/mol. The Kier molecular flexibility index (Phi) is 5.42. The molecule has 1 heterocycles. The number of amides is 2. The van der Waals surface area contributed by atoms with E-state index in [-0.39, 0.29) is 12.0 Å². The van der Waals surface area contributed by atoms with Crippen LogP contribution in [0, 0.1) is 0 Å². The Hall–Kier alpha value is -3.80. The van der Waals surface area contributed by atoms with Crippen molar-refractivity contribution in [3.63, 3.8) is 0 Å². The largest absolute Gasteiger partial charge is 0.457 e. The van der Waals surface area contributed by atoms with E-state index in [4.69, 9.17) is 9.47 Å². The molecule has 0 atom stereocenters. The van der Waals surface area contributed by atoms with Gasteiger partial charge in [-0.05, 0) is 48.0 Å². The Labute approximate surface area is 168 Å². The zero-order valence-electron chi connectivity index (χ0n) is 15.7. The number of ether oxygens (including phenoxy) is 2. The highest BCUT2D eigenvalue weighted by Crippen LogP contribution is 2.22. The Bertz CT molecular complexity index is 1020. The topological polar surface area (TPSA) is 67.9 Å².